The number of phenolic OH excluding ortho intramolecular Hbond substituents is 1. The molecule has 6 heteroatoms. The van der Waals surface area contributed by atoms with Crippen LogP contribution >= 0.6 is 11.6 Å². The van der Waals surface area contributed by atoms with E-state index in [2.05, 4.69) is 0 Å². The lowest BCUT2D eigenvalue weighted by Crippen LogP contribution is -2.30. The number of halogens is 1. The highest BCUT2D eigenvalue weighted by Crippen LogP contribution is 2.41. The van der Waals surface area contributed by atoms with Crippen LogP contribution in [0.3, 0.4) is 0 Å². The van der Waals surface area contributed by atoms with Gasteiger partial charge in [-0.15, -0.1) is 0 Å². The number of aliphatic hydroxyl groups excluding tert-OH is 1. The van der Waals surface area contributed by atoms with E-state index in [0.717, 1.165) is 24.0 Å². The van der Waals surface area contributed by atoms with Crippen LogP contribution in [0.25, 0.3) is 5.76 Å². The SMILES string of the molecule is CCCCN1C(=O)C(=O)/C(=C(\O)c2ccc(C)c(C)c2)C1c1ccc(O)c(Cl)c1. The summed E-state index contributed by atoms with van der Waals surface area (Å²) in [5.74, 6) is -1.65. The van der Waals surface area contributed by atoms with Crippen molar-refractivity contribution in [2.75, 3.05) is 6.54 Å². The zero-order valence-electron chi connectivity index (χ0n) is 16.7. The zero-order chi connectivity index (χ0) is 21.3. The highest BCUT2D eigenvalue weighted by Gasteiger charge is 2.45. The minimum Gasteiger partial charge on any atom is -0.507 e. The van der Waals surface area contributed by atoms with Crippen LogP contribution in [0.1, 0.15) is 48.1 Å². The quantitative estimate of drug-likeness (QED) is 0.416. The number of benzene rings is 2. The number of aromatic hydroxyl groups is 1. The van der Waals surface area contributed by atoms with Gasteiger partial charge in [0.2, 0.25) is 0 Å². The van der Waals surface area contributed by atoms with Crippen LogP contribution in [-0.2, 0) is 9.59 Å². The third-order valence-corrected chi connectivity index (χ3v) is 5.66. The fraction of sp³-hybridized carbons (Fsp3) is 0.304. The first kappa shape index (κ1) is 20.9. The Kier molecular flexibility index (Phi) is 5.99. The Morgan fingerprint density at radius 1 is 1.10 bits per heavy atom. The highest BCUT2D eigenvalue weighted by atomic mass is 35.5. The molecule has 1 amide bonds. The summed E-state index contributed by atoms with van der Waals surface area (Å²) in [4.78, 5) is 27.1. The summed E-state index contributed by atoms with van der Waals surface area (Å²) >= 11 is 6.08. The van der Waals surface area contributed by atoms with Crippen molar-refractivity contribution in [3.8, 4) is 5.75 Å². The number of ketones is 1. The molecule has 0 spiro atoms. The average molecular weight is 414 g/mol. The Labute approximate surface area is 175 Å². The summed E-state index contributed by atoms with van der Waals surface area (Å²) in [5, 5.41) is 20.9. The molecule has 2 aromatic rings. The molecule has 0 saturated carbocycles. The van der Waals surface area contributed by atoms with Gasteiger partial charge in [-0.1, -0.05) is 43.1 Å². The van der Waals surface area contributed by atoms with Crippen LogP contribution in [0.15, 0.2) is 42.0 Å². The lowest BCUT2D eigenvalue weighted by molar-refractivity contribution is -0.139. The van der Waals surface area contributed by atoms with Gasteiger partial charge in [-0.2, -0.15) is 0 Å². The van der Waals surface area contributed by atoms with E-state index < -0.39 is 17.7 Å². The molecule has 0 aliphatic carbocycles. The largest absolute Gasteiger partial charge is 0.507 e. The van der Waals surface area contributed by atoms with Crippen LogP contribution in [0.2, 0.25) is 5.02 Å². The summed E-state index contributed by atoms with van der Waals surface area (Å²) in [5.41, 5.74) is 3.12. The molecule has 0 bridgehead atoms. The first-order valence-electron chi connectivity index (χ1n) is 9.60. The fourth-order valence-electron chi connectivity index (χ4n) is 3.52. The summed E-state index contributed by atoms with van der Waals surface area (Å²) in [6.45, 7) is 6.26. The number of hydrogen-bond acceptors (Lipinski definition) is 4. The minimum atomic E-state index is -0.763. The average Bonchev–Trinajstić information content (AvgIpc) is 2.94. The minimum absolute atomic E-state index is 0.0381. The van der Waals surface area contributed by atoms with Crippen LogP contribution in [0.5, 0.6) is 5.75 Å². The second kappa shape index (κ2) is 8.29. The van der Waals surface area contributed by atoms with Crippen molar-refractivity contribution in [2.45, 2.75) is 39.7 Å². The molecule has 152 valence electrons. The molecule has 1 aliphatic heterocycles. The third-order valence-electron chi connectivity index (χ3n) is 5.36. The molecule has 2 N–H and O–H groups in total. The molecular weight excluding hydrogens is 390 g/mol. The number of carbonyl (C=O) groups is 2. The number of carbonyl (C=O) groups excluding carboxylic acids is 2. The molecule has 2 aromatic carbocycles. The molecule has 5 nitrogen and oxygen atoms in total. The predicted molar refractivity (Wildman–Crippen MR) is 113 cm³/mol. The second-order valence-electron chi connectivity index (χ2n) is 7.36. The van der Waals surface area contributed by atoms with Crippen LogP contribution in [0.4, 0.5) is 0 Å². The van der Waals surface area contributed by atoms with Gasteiger partial charge in [0.05, 0.1) is 16.6 Å². The van der Waals surface area contributed by atoms with Crippen molar-refractivity contribution in [2.24, 2.45) is 0 Å². The van der Waals surface area contributed by atoms with Crippen molar-refractivity contribution >= 4 is 29.1 Å². The van der Waals surface area contributed by atoms with Crippen LogP contribution < -0.4 is 0 Å². The smallest absolute Gasteiger partial charge is 0.295 e. The number of unbranched alkanes of at least 4 members (excludes halogenated alkanes) is 1. The third kappa shape index (κ3) is 3.87. The Balaban J connectivity index is 2.20. The molecule has 1 heterocycles. The summed E-state index contributed by atoms with van der Waals surface area (Å²) in [6.07, 6.45) is 1.57. The number of rotatable bonds is 5. The van der Waals surface area contributed by atoms with Gasteiger partial charge >= 0.3 is 0 Å². The van der Waals surface area contributed by atoms with Crippen molar-refractivity contribution < 1.29 is 19.8 Å². The van der Waals surface area contributed by atoms with Gasteiger partial charge in [0.1, 0.15) is 11.5 Å². The fourth-order valence-corrected chi connectivity index (χ4v) is 3.71. The number of amides is 1. The standard InChI is InChI=1S/C23H24ClNO4/c1-4-5-10-25-20(15-8-9-18(26)17(24)12-15)19(22(28)23(25)29)21(27)16-7-6-13(2)14(3)11-16/h6-9,11-12,20,26-27H,4-5,10H2,1-3H3/b21-19-. The summed E-state index contributed by atoms with van der Waals surface area (Å²) in [6, 6.07) is 9.20. The van der Waals surface area contributed by atoms with Crippen molar-refractivity contribution in [1.29, 1.82) is 0 Å². The van der Waals surface area contributed by atoms with Gasteiger partial charge in [0.25, 0.3) is 11.7 Å². The van der Waals surface area contributed by atoms with E-state index in [-0.39, 0.29) is 22.1 Å². The first-order chi connectivity index (χ1) is 13.8. The van der Waals surface area contributed by atoms with E-state index in [1.807, 2.05) is 26.8 Å². The number of aliphatic hydroxyl groups is 1. The Bertz CT molecular complexity index is 1010. The number of aryl methyl sites for hydroxylation is 2. The molecule has 0 radical (unpaired) electrons. The first-order valence-corrected chi connectivity index (χ1v) is 9.98. The molecule has 29 heavy (non-hydrogen) atoms. The predicted octanol–water partition coefficient (Wildman–Crippen LogP) is 4.88. The molecule has 3 rings (SSSR count). The monoisotopic (exact) mass is 413 g/mol. The molecule has 1 saturated heterocycles. The Morgan fingerprint density at radius 2 is 1.83 bits per heavy atom. The number of likely N-dealkylation sites (tertiary alicyclic amines) is 1. The van der Waals surface area contributed by atoms with E-state index in [9.17, 15) is 19.8 Å². The van der Waals surface area contributed by atoms with Gasteiger partial charge < -0.3 is 15.1 Å². The van der Waals surface area contributed by atoms with Crippen LogP contribution in [-0.4, -0.2) is 33.3 Å². The second-order valence-corrected chi connectivity index (χ2v) is 7.76. The molecule has 0 aromatic heterocycles. The zero-order valence-corrected chi connectivity index (χ0v) is 17.5. The lowest BCUT2D eigenvalue weighted by atomic mass is 9.94. The molecular formula is C23H24ClNO4. The number of phenols is 1. The van der Waals surface area contributed by atoms with Crippen molar-refractivity contribution in [3.05, 3.63) is 69.2 Å². The van der Waals surface area contributed by atoms with Crippen LogP contribution in [0, 0.1) is 13.8 Å². The van der Waals surface area contributed by atoms with Gasteiger partial charge in [0, 0.05) is 12.1 Å². The Morgan fingerprint density at radius 3 is 2.45 bits per heavy atom. The van der Waals surface area contributed by atoms with E-state index in [1.165, 1.54) is 17.0 Å². The van der Waals surface area contributed by atoms with E-state index in [1.54, 1.807) is 18.2 Å². The number of nitrogens with zero attached hydrogens (tertiary/aromatic N) is 1. The van der Waals surface area contributed by atoms with Crippen molar-refractivity contribution in [3.63, 3.8) is 0 Å². The summed E-state index contributed by atoms with van der Waals surface area (Å²) in [7, 11) is 0. The Hall–Kier alpha value is -2.79. The van der Waals surface area contributed by atoms with E-state index >= 15 is 0 Å². The lowest BCUT2D eigenvalue weighted by Gasteiger charge is -2.25. The van der Waals surface area contributed by atoms with Gasteiger partial charge in [0.15, 0.2) is 0 Å². The molecule has 1 aliphatic rings. The van der Waals surface area contributed by atoms with E-state index in [4.69, 9.17) is 11.6 Å². The van der Waals surface area contributed by atoms with Crippen molar-refractivity contribution in [1.82, 2.24) is 4.90 Å². The van der Waals surface area contributed by atoms with Gasteiger partial charge in [-0.25, -0.2) is 0 Å². The molecule has 1 fully saturated rings. The molecule has 1 unspecified atom stereocenters. The normalized spacial score (nSPS) is 18.5. The maximum Gasteiger partial charge on any atom is 0.295 e. The maximum atomic E-state index is 12.9. The summed E-state index contributed by atoms with van der Waals surface area (Å²) < 4.78 is 0. The highest BCUT2D eigenvalue weighted by molar-refractivity contribution is 6.46. The number of Topliss-reactive ketones (excluding diaryl/α,β-unsaturated/α-hetero) is 1. The van der Waals surface area contributed by atoms with E-state index in [0.29, 0.717) is 17.7 Å². The van der Waals surface area contributed by atoms with Gasteiger partial charge in [-0.05, 0) is 55.2 Å². The maximum absolute atomic E-state index is 12.9. The topological polar surface area (TPSA) is 77.8 Å². The molecule has 1 atom stereocenters. The number of hydrogen-bond donors (Lipinski definition) is 2. The van der Waals surface area contributed by atoms with Gasteiger partial charge in [-0.3, -0.25) is 9.59 Å².